The first-order chi connectivity index (χ1) is 15.2. The summed E-state index contributed by atoms with van der Waals surface area (Å²) in [6.45, 7) is 1.91. The molecule has 0 aromatic heterocycles. The van der Waals surface area contributed by atoms with Crippen LogP contribution in [0.1, 0.15) is 30.4 Å². The zero-order valence-electron chi connectivity index (χ0n) is 18.0. The molecule has 0 amide bonds. The fourth-order valence-corrected chi connectivity index (χ4v) is 8.34. The number of ether oxygens (including phenoxy) is 2. The van der Waals surface area contributed by atoms with Crippen molar-refractivity contribution < 1.29 is 9.47 Å². The number of nitrogens with zero attached hydrogens (tertiary/aromatic N) is 1. The van der Waals surface area contributed by atoms with Crippen LogP contribution in [0.15, 0.2) is 47.4 Å². The Balaban J connectivity index is 1.16. The average Bonchev–Trinajstić information content (AvgIpc) is 3.15. The molecule has 6 atom stereocenters. The fraction of sp³-hybridized carbons (Fsp3) is 0.538. The molecule has 3 heterocycles. The Labute approximate surface area is 188 Å². The summed E-state index contributed by atoms with van der Waals surface area (Å²) >= 11 is 1.94. The van der Waals surface area contributed by atoms with Gasteiger partial charge < -0.3 is 19.7 Å². The molecule has 3 aliphatic heterocycles. The molecule has 7 rings (SSSR count). The van der Waals surface area contributed by atoms with Gasteiger partial charge in [-0.15, -0.1) is 11.8 Å². The number of thioether (sulfide) groups is 1. The van der Waals surface area contributed by atoms with Gasteiger partial charge in [-0.3, -0.25) is 0 Å². The summed E-state index contributed by atoms with van der Waals surface area (Å²) in [6.07, 6.45) is 5.09. The monoisotopic (exact) mass is 434 g/mol. The van der Waals surface area contributed by atoms with E-state index in [1.54, 1.807) is 5.56 Å². The maximum Gasteiger partial charge on any atom is 0.135 e. The molecule has 162 valence electrons. The Bertz CT molecular complexity index is 1030. The smallest absolute Gasteiger partial charge is 0.135 e. The van der Waals surface area contributed by atoms with Gasteiger partial charge in [-0.25, -0.2) is 0 Å². The van der Waals surface area contributed by atoms with Crippen LogP contribution >= 0.6 is 11.8 Å². The molecule has 1 unspecified atom stereocenters. The molecule has 0 radical (unpaired) electrons. The van der Waals surface area contributed by atoms with Crippen LogP contribution in [0.4, 0.5) is 5.69 Å². The Hall–Kier alpha value is -1.69. The number of piperidine rings is 1. The van der Waals surface area contributed by atoms with E-state index in [0.717, 1.165) is 24.5 Å². The third-order valence-electron chi connectivity index (χ3n) is 8.64. The minimum Gasteiger partial charge on any atom is -0.486 e. The molecule has 1 saturated carbocycles. The minimum absolute atomic E-state index is 0.158. The number of para-hydroxylation sites is 1. The van der Waals surface area contributed by atoms with Crippen LogP contribution in [-0.4, -0.2) is 55.1 Å². The van der Waals surface area contributed by atoms with Crippen molar-refractivity contribution in [2.24, 2.45) is 5.92 Å². The van der Waals surface area contributed by atoms with Crippen molar-refractivity contribution in [2.45, 2.75) is 60.3 Å². The first-order valence-electron chi connectivity index (χ1n) is 11.8. The van der Waals surface area contributed by atoms with E-state index < -0.39 is 0 Å². The molecule has 2 bridgehead atoms. The number of anilines is 1. The number of likely N-dealkylation sites (N-methyl/N-ethyl adjacent to an activating group) is 1. The lowest BCUT2D eigenvalue weighted by Crippen LogP contribution is -2.66. The van der Waals surface area contributed by atoms with Gasteiger partial charge in [0.2, 0.25) is 0 Å². The largest absolute Gasteiger partial charge is 0.486 e. The normalized spacial score (nSPS) is 37.4. The van der Waals surface area contributed by atoms with E-state index in [0.29, 0.717) is 18.0 Å². The van der Waals surface area contributed by atoms with E-state index in [9.17, 15) is 0 Å². The molecular weight excluding hydrogens is 404 g/mol. The summed E-state index contributed by atoms with van der Waals surface area (Å²) in [5.74, 6) is 2.90. The predicted octanol–water partition coefficient (Wildman–Crippen LogP) is 4.33. The molecule has 2 aromatic rings. The predicted molar refractivity (Wildman–Crippen MR) is 124 cm³/mol. The molecule has 1 spiro atoms. The summed E-state index contributed by atoms with van der Waals surface area (Å²) in [5.41, 5.74) is 4.47. The number of nitrogens with one attached hydrogen (secondary N) is 1. The van der Waals surface area contributed by atoms with Crippen molar-refractivity contribution in [1.82, 2.24) is 4.90 Å². The summed E-state index contributed by atoms with van der Waals surface area (Å²) in [4.78, 5) is 3.96. The SMILES string of the molecule is CN1CC[C@]23c4c5cccc4O[C@H]2[C@H](OCC2CSc4ccccc4N2)CC[C@H]3[C@H]1C5. The lowest BCUT2D eigenvalue weighted by atomic mass is 9.51. The highest BCUT2D eigenvalue weighted by Crippen LogP contribution is 2.62. The van der Waals surface area contributed by atoms with Gasteiger partial charge in [0, 0.05) is 33.4 Å². The van der Waals surface area contributed by atoms with Gasteiger partial charge in [-0.05, 0) is 69.0 Å². The Kier molecular flexibility index (Phi) is 4.19. The maximum atomic E-state index is 6.75. The first-order valence-corrected chi connectivity index (χ1v) is 12.8. The maximum absolute atomic E-state index is 6.75. The van der Waals surface area contributed by atoms with Crippen molar-refractivity contribution in [3.63, 3.8) is 0 Å². The van der Waals surface area contributed by atoms with Crippen LogP contribution < -0.4 is 10.1 Å². The van der Waals surface area contributed by atoms with Crippen molar-refractivity contribution in [3.8, 4) is 5.75 Å². The van der Waals surface area contributed by atoms with Crippen molar-refractivity contribution >= 4 is 17.4 Å². The number of benzene rings is 2. The van der Waals surface area contributed by atoms with Gasteiger partial charge in [-0.2, -0.15) is 0 Å². The lowest BCUT2D eigenvalue weighted by molar-refractivity contribution is -0.123. The number of fused-ring (bicyclic) bond motifs is 1. The molecule has 1 N–H and O–H groups in total. The molecular formula is C26H30N2O2S. The van der Waals surface area contributed by atoms with E-state index >= 15 is 0 Å². The molecule has 5 aliphatic rings. The first kappa shape index (κ1) is 18.8. The van der Waals surface area contributed by atoms with E-state index in [1.807, 2.05) is 11.8 Å². The summed E-state index contributed by atoms with van der Waals surface area (Å²) in [5, 5.41) is 3.70. The van der Waals surface area contributed by atoms with Crippen molar-refractivity contribution in [2.75, 3.05) is 31.3 Å². The van der Waals surface area contributed by atoms with Gasteiger partial charge in [0.15, 0.2) is 0 Å². The second kappa shape index (κ2) is 6.90. The van der Waals surface area contributed by atoms with Crippen LogP contribution in [0.2, 0.25) is 0 Å². The van der Waals surface area contributed by atoms with Gasteiger partial charge in [0.25, 0.3) is 0 Å². The summed E-state index contributed by atoms with van der Waals surface area (Å²) < 4.78 is 13.4. The zero-order valence-corrected chi connectivity index (χ0v) is 18.9. The second-order valence-corrected chi connectivity index (χ2v) is 11.1. The third kappa shape index (κ3) is 2.63. The Morgan fingerprint density at radius 3 is 3.10 bits per heavy atom. The minimum atomic E-state index is 0.158. The highest BCUT2D eigenvalue weighted by atomic mass is 32.2. The fourth-order valence-electron chi connectivity index (χ4n) is 7.32. The van der Waals surface area contributed by atoms with Gasteiger partial charge in [0.1, 0.15) is 11.9 Å². The van der Waals surface area contributed by atoms with Crippen LogP contribution in [0.3, 0.4) is 0 Å². The van der Waals surface area contributed by atoms with Crippen molar-refractivity contribution in [1.29, 1.82) is 0 Å². The number of rotatable bonds is 3. The van der Waals surface area contributed by atoms with E-state index in [-0.39, 0.29) is 17.6 Å². The Morgan fingerprint density at radius 1 is 1.19 bits per heavy atom. The van der Waals surface area contributed by atoms with E-state index in [4.69, 9.17) is 9.47 Å². The van der Waals surface area contributed by atoms with Crippen LogP contribution in [0, 0.1) is 5.92 Å². The average molecular weight is 435 g/mol. The highest BCUT2D eigenvalue weighted by molar-refractivity contribution is 7.99. The highest BCUT2D eigenvalue weighted by Gasteiger charge is 2.65. The van der Waals surface area contributed by atoms with Crippen LogP contribution in [0.5, 0.6) is 5.75 Å². The molecule has 5 heteroatoms. The molecule has 2 aromatic carbocycles. The number of hydrogen-bond donors (Lipinski definition) is 1. The molecule has 2 aliphatic carbocycles. The number of likely N-dealkylation sites (tertiary alicyclic amines) is 1. The second-order valence-electron chi connectivity index (χ2n) is 10.1. The van der Waals surface area contributed by atoms with E-state index in [1.165, 1.54) is 42.0 Å². The van der Waals surface area contributed by atoms with Crippen molar-refractivity contribution in [3.05, 3.63) is 53.6 Å². The molecule has 31 heavy (non-hydrogen) atoms. The van der Waals surface area contributed by atoms with Crippen LogP contribution in [0.25, 0.3) is 0 Å². The topological polar surface area (TPSA) is 33.7 Å². The van der Waals surface area contributed by atoms with Gasteiger partial charge >= 0.3 is 0 Å². The standard InChI is InChI=1S/C26H30N2O2S/c1-28-12-11-26-18-9-10-22(29-14-17-15-31-23-8-3-2-6-19(23)27-17)25(26)30-21-7-4-5-16(24(21)26)13-20(18)28/h2-8,17-18,20,22,25,27H,9-15H2,1H3/t17?,18-,20+,22+,25-,26-/m0/s1. The molecule has 2 fully saturated rings. The molecule has 4 nitrogen and oxygen atoms in total. The lowest BCUT2D eigenvalue weighted by Gasteiger charge is -2.59. The number of hydrogen-bond acceptors (Lipinski definition) is 5. The summed E-state index contributed by atoms with van der Waals surface area (Å²) in [6, 6.07) is 16.3. The third-order valence-corrected chi connectivity index (χ3v) is 9.87. The summed E-state index contributed by atoms with van der Waals surface area (Å²) in [7, 11) is 2.32. The van der Waals surface area contributed by atoms with Gasteiger partial charge in [-0.1, -0.05) is 24.3 Å². The quantitative estimate of drug-likeness (QED) is 0.778. The van der Waals surface area contributed by atoms with Gasteiger partial charge in [0.05, 0.1) is 18.8 Å². The molecule has 1 saturated heterocycles. The Morgan fingerprint density at radius 2 is 2.13 bits per heavy atom. The zero-order chi connectivity index (χ0) is 20.6. The van der Waals surface area contributed by atoms with E-state index in [2.05, 4.69) is 59.7 Å². The van der Waals surface area contributed by atoms with Crippen LogP contribution in [-0.2, 0) is 16.6 Å².